The zero-order valence-corrected chi connectivity index (χ0v) is 23.4. The zero-order valence-electron chi connectivity index (χ0n) is 23.4. The smallest absolute Gasteiger partial charge is 0.335 e. The third-order valence-electron chi connectivity index (χ3n) is 11.5. The van der Waals surface area contributed by atoms with Crippen LogP contribution in [0.25, 0.3) is 0 Å². The second-order valence-electron chi connectivity index (χ2n) is 13.6. The Morgan fingerprint density at radius 3 is 2.39 bits per heavy atom. The van der Waals surface area contributed by atoms with Crippen LogP contribution in [0.1, 0.15) is 97.5 Å². The van der Waals surface area contributed by atoms with Crippen LogP contribution in [0.15, 0.2) is 27.6 Å². The molecule has 5 aliphatic rings. The summed E-state index contributed by atoms with van der Waals surface area (Å²) in [5.41, 5.74) is 0.185. The van der Waals surface area contributed by atoms with Gasteiger partial charge in [0.2, 0.25) is 0 Å². The number of fused-ring (bicyclic) bond motifs is 4. The topological polar surface area (TPSA) is 95.3 Å². The molecule has 2 bridgehead atoms. The van der Waals surface area contributed by atoms with Crippen LogP contribution < -0.4 is 5.63 Å². The van der Waals surface area contributed by atoms with Crippen LogP contribution in [-0.4, -0.2) is 35.9 Å². The van der Waals surface area contributed by atoms with E-state index in [-0.39, 0.29) is 58.0 Å². The molecular formula is C31H42O7. The zero-order chi connectivity index (χ0) is 27.0. The average Bonchev–Trinajstić information content (AvgIpc) is 3.61. The SMILES string of the molecule is CC(=O)O[C@H]1CC[C@@]2(C)[C@H](CC[C@@H]3C[C@@H]2CC[C@]2(C)[C@@H](c4ccc(=O)oc4)[C@@H](OC(=O)C(C)C)[C@H]4O[C@]342)C1. The molecule has 1 aromatic rings. The molecule has 10 atom stereocenters. The summed E-state index contributed by atoms with van der Waals surface area (Å²) < 4.78 is 24.0. The lowest BCUT2D eigenvalue weighted by Crippen LogP contribution is -2.43. The number of rotatable bonds is 4. The molecule has 0 radical (unpaired) electrons. The molecule has 4 saturated carbocycles. The number of esters is 2. The Hall–Kier alpha value is -2.15. The summed E-state index contributed by atoms with van der Waals surface area (Å²) in [6, 6.07) is 3.33. The van der Waals surface area contributed by atoms with Crippen LogP contribution in [0, 0.1) is 34.5 Å². The number of hydrogen-bond acceptors (Lipinski definition) is 7. The Kier molecular flexibility index (Phi) is 6.14. The Balaban J connectivity index is 1.36. The van der Waals surface area contributed by atoms with Crippen LogP contribution in [0.2, 0.25) is 0 Å². The van der Waals surface area contributed by atoms with Gasteiger partial charge in [0, 0.05) is 24.3 Å². The minimum atomic E-state index is -0.395. The van der Waals surface area contributed by atoms with Gasteiger partial charge in [-0.2, -0.15) is 0 Å². The maximum atomic E-state index is 12.9. The van der Waals surface area contributed by atoms with Gasteiger partial charge in [0.05, 0.1) is 12.2 Å². The van der Waals surface area contributed by atoms with Crippen molar-refractivity contribution in [2.45, 2.75) is 116 Å². The summed E-state index contributed by atoms with van der Waals surface area (Å²) in [7, 11) is 0. The Labute approximate surface area is 225 Å². The van der Waals surface area contributed by atoms with Crippen LogP contribution in [0.4, 0.5) is 0 Å². The van der Waals surface area contributed by atoms with Gasteiger partial charge in [-0.25, -0.2) is 4.79 Å². The normalized spacial score (nSPS) is 45.2. The van der Waals surface area contributed by atoms with Crippen molar-refractivity contribution in [3.8, 4) is 0 Å². The van der Waals surface area contributed by atoms with Gasteiger partial charge < -0.3 is 18.6 Å². The third kappa shape index (κ3) is 3.74. The summed E-state index contributed by atoms with van der Waals surface area (Å²) in [4.78, 5) is 36.4. The van der Waals surface area contributed by atoms with Gasteiger partial charge in [-0.1, -0.05) is 27.7 Å². The molecule has 0 amide bonds. The molecule has 4 aliphatic carbocycles. The number of carbonyl (C=O) groups is 2. The second kappa shape index (κ2) is 8.94. The van der Waals surface area contributed by atoms with E-state index in [0.717, 1.165) is 56.9 Å². The van der Waals surface area contributed by atoms with Crippen molar-refractivity contribution in [2.24, 2.45) is 34.5 Å². The number of hydrogen-bond donors (Lipinski definition) is 0. The molecule has 0 unspecified atom stereocenters. The lowest BCUT2D eigenvalue weighted by Gasteiger charge is -2.48. The highest BCUT2D eigenvalue weighted by atomic mass is 16.7. The van der Waals surface area contributed by atoms with E-state index in [2.05, 4.69) is 13.8 Å². The molecule has 0 N–H and O–H groups in total. The largest absolute Gasteiger partial charge is 0.463 e. The van der Waals surface area contributed by atoms with Crippen LogP contribution in [-0.2, 0) is 23.8 Å². The quantitative estimate of drug-likeness (QED) is 0.383. The molecule has 2 heterocycles. The second-order valence-corrected chi connectivity index (χ2v) is 13.6. The Bertz CT molecular complexity index is 1150. The monoisotopic (exact) mass is 526 g/mol. The van der Waals surface area contributed by atoms with E-state index in [1.54, 1.807) is 6.26 Å². The van der Waals surface area contributed by atoms with Crippen molar-refractivity contribution < 1.29 is 28.2 Å². The highest BCUT2D eigenvalue weighted by Gasteiger charge is 2.82. The summed E-state index contributed by atoms with van der Waals surface area (Å²) in [5, 5.41) is 0. The predicted molar refractivity (Wildman–Crippen MR) is 139 cm³/mol. The lowest BCUT2D eigenvalue weighted by atomic mass is 9.58. The van der Waals surface area contributed by atoms with Gasteiger partial charge in [0.25, 0.3) is 0 Å². The molecule has 0 aromatic carbocycles. The van der Waals surface area contributed by atoms with Crippen molar-refractivity contribution in [3.05, 3.63) is 34.4 Å². The van der Waals surface area contributed by atoms with E-state index in [4.69, 9.17) is 18.6 Å². The molecule has 6 rings (SSSR count). The summed E-state index contributed by atoms with van der Waals surface area (Å²) >= 11 is 0. The molecule has 5 fully saturated rings. The van der Waals surface area contributed by atoms with E-state index < -0.39 is 6.10 Å². The molecule has 1 saturated heterocycles. The fourth-order valence-corrected chi connectivity index (χ4v) is 9.53. The van der Waals surface area contributed by atoms with E-state index in [1.165, 1.54) is 13.0 Å². The first-order valence-corrected chi connectivity index (χ1v) is 14.6. The summed E-state index contributed by atoms with van der Waals surface area (Å²) in [6.07, 6.45) is 9.40. The van der Waals surface area contributed by atoms with Gasteiger partial charge in [-0.05, 0) is 86.2 Å². The van der Waals surface area contributed by atoms with Crippen molar-refractivity contribution in [3.63, 3.8) is 0 Å². The number of epoxide rings is 1. The minimum absolute atomic E-state index is 0.0301. The van der Waals surface area contributed by atoms with Crippen LogP contribution >= 0.6 is 0 Å². The molecule has 1 spiro atoms. The molecule has 208 valence electrons. The van der Waals surface area contributed by atoms with Gasteiger partial charge in [-0.3, -0.25) is 9.59 Å². The van der Waals surface area contributed by atoms with E-state index in [1.807, 2.05) is 19.9 Å². The van der Waals surface area contributed by atoms with Gasteiger partial charge in [0.1, 0.15) is 23.9 Å². The standard InChI is InChI=1S/C31H42O7/c1-17(2)28(34)37-26-25(19-6-9-24(33)35-16-19)30(5)13-10-21-14-22(31(30)27(26)38-31)8-7-20-15-23(36-18(3)32)11-12-29(20,21)4/h6,9,16-17,20-23,25-27H,7-8,10-15H2,1-5H3/t20-,21+,22-,23+,25+,26-,27-,29+,30-,31-/m1/s1. The molecular weight excluding hydrogens is 484 g/mol. The lowest BCUT2D eigenvalue weighted by molar-refractivity contribution is -0.157. The Morgan fingerprint density at radius 2 is 1.71 bits per heavy atom. The molecule has 38 heavy (non-hydrogen) atoms. The molecule has 7 heteroatoms. The summed E-state index contributed by atoms with van der Waals surface area (Å²) in [5.74, 6) is 0.777. The molecule has 7 nitrogen and oxygen atoms in total. The maximum Gasteiger partial charge on any atom is 0.335 e. The van der Waals surface area contributed by atoms with Crippen LogP contribution in [0.3, 0.4) is 0 Å². The van der Waals surface area contributed by atoms with Crippen molar-refractivity contribution in [1.29, 1.82) is 0 Å². The van der Waals surface area contributed by atoms with Crippen molar-refractivity contribution in [2.75, 3.05) is 0 Å². The highest BCUT2D eigenvalue weighted by Crippen LogP contribution is 2.75. The maximum absolute atomic E-state index is 12.9. The first-order chi connectivity index (χ1) is 18.0. The Morgan fingerprint density at radius 1 is 0.974 bits per heavy atom. The molecule has 1 aliphatic heterocycles. The fraction of sp³-hybridized carbons (Fsp3) is 0.774. The summed E-state index contributed by atoms with van der Waals surface area (Å²) in [6.45, 7) is 10.1. The number of carbonyl (C=O) groups excluding carboxylic acids is 2. The third-order valence-corrected chi connectivity index (χ3v) is 11.5. The van der Waals surface area contributed by atoms with Gasteiger partial charge in [0.15, 0.2) is 0 Å². The van der Waals surface area contributed by atoms with Gasteiger partial charge >= 0.3 is 17.6 Å². The van der Waals surface area contributed by atoms with Crippen molar-refractivity contribution >= 4 is 11.9 Å². The first-order valence-electron chi connectivity index (χ1n) is 14.6. The van der Waals surface area contributed by atoms with Gasteiger partial charge in [-0.15, -0.1) is 0 Å². The van der Waals surface area contributed by atoms with E-state index in [9.17, 15) is 14.4 Å². The van der Waals surface area contributed by atoms with Crippen molar-refractivity contribution in [1.82, 2.24) is 0 Å². The minimum Gasteiger partial charge on any atom is -0.463 e. The first kappa shape index (κ1) is 26.1. The van der Waals surface area contributed by atoms with E-state index in [0.29, 0.717) is 17.8 Å². The average molecular weight is 527 g/mol. The predicted octanol–water partition coefficient (Wildman–Crippen LogP) is 5.40. The van der Waals surface area contributed by atoms with Crippen LogP contribution in [0.5, 0.6) is 0 Å². The molecule has 1 aromatic heterocycles. The highest BCUT2D eigenvalue weighted by molar-refractivity contribution is 5.72. The fourth-order valence-electron chi connectivity index (χ4n) is 9.53. The van der Waals surface area contributed by atoms with E-state index >= 15 is 0 Å². The number of ether oxygens (including phenoxy) is 3.